The minimum absolute atomic E-state index is 0.281. The van der Waals surface area contributed by atoms with Crippen LogP contribution >= 0.6 is 11.6 Å². The normalized spacial score (nSPS) is 11.7. The van der Waals surface area contributed by atoms with E-state index in [0.29, 0.717) is 5.56 Å². The van der Waals surface area contributed by atoms with Crippen molar-refractivity contribution in [1.29, 1.82) is 0 Å². The Labute approximate surface area is 128 Å². The van der Waals surface area contributed by atoms with Gasteiger partial charge in [0.2, 0.25) is 0 Å². The number of nitrogens with zero attached hydrogens (tertiary/aromatic N) is 1. The number of aliphatic hydroxyl groups is 1. The lowest BCUT2D eigenvalue weighted by molar-refractivity contribution is 0.238. The quantitative estimate of drug-likeness (QED) is 0.544. The largest absolute Gasteiger partial charge is 0.376 e. The number of hydrogen-bond acceptors (Lipinski definition) is 2. The number of fused-ring (bicyclic) bond motifs is 1. The highest BCUT2D eigenvalue weighted by atomic mass is 35.5. The molecule has 1 atom stereocenters. The van der Waals surface area contributed by atoms with E-state index in [4.69, 9.17) is 11.6 Å². The summed E-state index contributed by atoms with van der Waals surface area (Å²) in [7, 11) is 0. The Balaban J connectivity index is 1.96. The van der Waals surface area contributed by atoms with Crippen molar-refractivity contribution in [2.75, 3.05) is 0 Å². The van der Waals surface area contributed by atoms with Gasteiger partial charge in [0.05, 0.1) is 5.52 Å². The van der Waals surface area contributed by atoms with Gasteiger partial charge < -0.3 is 5.11 Å². The van der Waals surface area contributed by atoms with Gasteiger partial charge in [0.15, 0.2) is 0 Å². The molecular weight excluding hydrogens is 282 g/mol. The average molecular weight is 294 g/mol. The molecule has 1 N–H and O–H groups in total. The van der Waals surface area contributed by atoms with E-state index < -0.39 is 6.10 Å². The van der Waals surface area contributed by atoms with Crippen molar-refractivity contribution in [2.45, 2.75) is 6.10 Å². The Bertz CT molecular complexity index is 834. The monoisotopic (exact) mass is 293 g/mol. The SMILES string of the molecule is OC(C#Cc1ccccc1)c1cc2ccccc2nc1Cl. The molecule has 0 fully saturated rings. The topological polar surface area (TPSA) is 33.1 Å². The highest BCUT2D eigenvalue weighted by Gasteiger charge is 2.11. The van der Waals surface area contributed by atoms with Gasteiger partial charge in [0, 0.05) is 16.5 Å². The molecule has 102 valence electrons. The zero-order valence-corrected chi connectivity index (χ0v) is 11.9. The summed E-state index contributed by atoms with van der Waals surface area (Å²) in [5, 5.41) is 11.4. The van der Waals surface area contributed by atoms with Gasteiger partial charge in [-0.25, -0.2) is 4.98 Å². The molecule has 2 nitrogen and oxygen atoms in total. The van der Waals surface area contributed by atoms with E-state index in [-0.39, 0.29) is 5.15 Å². The molecule has 1 heterocycles. The van der Waals surface area contributed by atoms with E-state index in [9.17, 15) is 5.11 Å². The summed E-state index contributed by atoms with van der Waals surface area (Å²) >= 11 is 6.14. The van der Waals surface area contributed by atoms with Gasteiger partial charge in [-0.3, -0.25) is 0 Å². The van der Waals surface area contributed by atoms with Gasteiger partial charge in [-0.15, -0.1) is 0 Å². The number of hydrogen-bond donors (Lipinski definition) is 1. The third-order valence-electron chi connectivity index (χ3n) is 3.13. The maximum atomic E-state index is 10.2. The number of pyridine rings is 1. The molecule has 0 radical (unpaired) electrons. The molecule has 1 unspecified atom stereocenters. The summed E-state index contributed by atoms with van der Waals surface area (Å²) in [5.74, 6) is 5.73. The van der Waals surface area contributed by atoms with Crippen molar-refractivity contribution in [3.05, 3.63) is 76.9 Å². The molecule has 21 heavy (non-hydrogen) atoms. The summed E-state index contributed by atoms with van der Waals surface area (Å²) in [5.41, 5.74) is 2.18. The van der Waals surface area contributed by atoms with Crippen LogP contribution in [0.5, 0.6) is 0 Å². The van der Waals surface area contributed by atoms with Crippen LogP contribution in [-0.4, -0.2) is 10.1 Å². The Morgan fingerprint density at radius 3 is 2.52 bits per heavy atom. The minimum Gasteiger partial charge on any atom is -0.376 e. The zero-order chi connectivity index (χ0) is 14.7. The van der Waals surface area contributed by atoms with Gasteiger partial charge in [-0.2, -0.15) is 0 Å². The van der Waals surface area contributed by atoms with Crippen molar-refractivity contribution < 1.29 is 5.11 Å². The Morgan fingerprint density at radius 2 is 1.71 bits per heavy atom. The number of para-hydroxylation sites is 1. The number of benzene rings is 2. The van der Waals surface area contributed by atoms with Crippen LogP contribution in [0, 0.1) is 11.8 Å². The molecule has 0 aliphatic carbocycles. The summed E-state index contributed by atoms with van der Waals surface area (Å²) in [6.07, 6.45) is -0.963. The van der Waals surface area contributed by atoms with Crippen molar-refractivity contribution in [1.82, 2.24) is 4.98 Å². The Morgan fingerprint density at radius 1 is 1.00 bits per heavy atom. The Kier molecular flexibility index (Phi) is 3.87. The van der Waals surface area contributed by atoms with Crippen LogP contribution in [0.25, 0.3) is 10.9 Å². The van der Waals surface area contributed by atoms with Crippen LogP contribution in [-0.2, 0) is 0 Å². The third-order valence-corrected chi connectivity index (χ3v) is 3.43. The van der Waals surface area contributed by atoms with Gasteiger partial charge in [-0.05, 0) is 24.3 Å². The highest BCUT2D eigenvalue weighted by Crippen LogP contribution is 2.25. The van der Waals surface area contributed by atoms with E-state index >= 15 is 0 Å². The van der Waals surface area contributed by atoms with Crippen LogP contribution in [0.2, 0.25) is 5.15 Å². The van der Waals surface area contributed by atoms with E-state index in [0.717, 1.165) is 16.5 Å². The fourth-order valence-electron chi connectivity index (χ4n) is 2.05. The number of halogens is 1. The highest BCUT2D eigenvalue weighted by molar-refractivity contribution is 6.30. The van der Waals surface area contributed by atoms with Gasteiger partial charge in [-0.1, -0.05) is 59.8 Å². The van der Waals surface area contributed by atoms with Crippen molar-refractivity contribution in [2.24, 2.45) is 0 Å². The molecule has 0 amide bonds. The van der Waals surface area contributed by atoms with E-state index in [2.05, 4.69) is 16.8 Å². The maximum absolute atomic E-state index is 10.2. The van der Waals surface area contributed by atoms with Crippen molar-refractivity contribution in [3.8, 4) is 11.8 Å². The Hall–Kier alpha value is -2.34. The molecule has 2 aromatic carbocycles. The lowest BCUT2D eigenvalue weighted by Crippen LogP contribution is -1.97. The number of aliphatic hydroxyl groups excluding tert-OH is 1. The molecule has 3 heteroatoms. The van der Waals surface area contributed by atoms with Crippen LogP contribution in [0.4, 0.5) is 0 Å². The fraction of sp³-hybridized carbons (Fsp3) is 0.0556. The molecule has 3 aromatic rings. The average Bonchev–Trinajstić information content (AvgIpc) is 2.53. The predicted molar refractivity (Wildman–Crippen MR) is 85.0 cm³/mol. The van der Waals surface area contributed by atoms with Crippen molar-refractivity contribution >= 4 is 22.5 Å². The second-order valence-electron chi connectivity index (χ2n) is 4.60. The lowest BCUT2D eigenvalue weighted by atomic mass is 10.1. The minimum atomic E-state index is -0.963. The van der Waals surface area contributed by atoms with Crippen LogP contribution in [0.1, 0.15) is 17.2 Å². The molecule has 0 saturated carbocycles. The summed E-state index contributed by atoms with van der Waals surface area (Å²) in [4.78, 5) is 4.29. The molecular formula is C18H12ClNO. The lowest BCUT2D eigenvalue weighted by Gasteiger charge is -2.07. The van der Waals surface area contributed by atoms with Crippen molar-refractivity contribution in [3.63, 3.8) is 0 Å². The first-order valence-electron chi connectivity index (χ1n) is 6.54. The van der Waals surface area contributed by atoms with Crippen LogP contribution in [0.15, 0.2) is 60.7 Å². The van der Waals surface area contributed by atoms with E-state index in [1.54, 1.807) is 0 Å². The summed E-state index contributed by atoms with van der Waals surface area (Å²) in [6, 6.07) is 19.0. The van der Waals surface area contributed by atoms with E-state index in [1.165, 1.54) is 0 Å². The summed E-state index contributed by atoms with van der Waals surface area (Å²) < 4.78 is 0. The first kappa shape index (κ1) is 13.6. The second-order valence-corrected chi connectivity index (χ2v) is 4.96. The first-order chi connectivity index (χ1) is 10.2. The molecule has 1 aromatic heterocycles. The van der Waals surface area contributed by atoms with Gasteiger partial charge in [0.1, 0.15) is 11.3 Å². The molecule has 0 bridgehead atoms. The molecule has 0 saturated heterocycles. The standard InChI is InChI=1S/C18H12ClNO/c19-18-15(12-14-8-4-5-9-16(14)20-18)17(21)11-10-13-6-2-1-3-7-13/h1-9,12,17,21H. The number of aromatic nitrogens is 1. The van der Waals surface area contributed by atoms with Crippen LogP contribution in [0.3, 0.4) is 0 Å². The zero-order valence-electron chi connectivity index (χ0n) is 11.1. The predicted octanol–water partition coefficient (Wildman–Crippen LogP) is 3.97. The molecule has 3 rings (SSSR count). The molecule has 0 aliphatic heterocycles. The maximum Gasteiger partial charge on any atom is 0.143 e. The first-order valence-corrected chi connectivity index (χ1v) is 6.92. The second kappa shape index (κ2) is 5.97. The van der Waals surface area contributed by atoms with Gasteiger partial charge in [0.25, 0.3) is 0 Å². The molecule has 0 aliphatic rings. The van der Waals surface area contributed by atoms with Gasteiger partial charge >= 0.3 is 0 Å². The van der Waals surface area contributed by atoms with Crippen LogP contribution < -0.4 is 0 Å². The smallest absolute Gasteiger partial charge is 0.143 e. The fourth-order valence-corrected chi connectivity index (χ4v) is 2.30. The van der Waals surface area contributed by atoms with E-state index in [1.807, 2.05) is 60.7 Å². The number of rotatable bonds is 1. The third kappa shape index (κ3) is 3.05. The summed E-state index contributed by atoms with van der Waals surface area (Å²) in [6.45, 7) is 0. The molecule has 0 spiro atoms.